The molecule has 1 aliphatic rings. The number of aryl methyl sites for hydroxylation is 1. The molecule has 2 aromatic rings. The molecule has 0 fully saturated rings. The van der Waals surface area contributed by atoms with Crippen molar-refractivity contribution in [1.82, 2.24) is 0 Å². The lowest BCUT2D eigenvalue weighted by Crippen LogP contribution is -1.50. The van der Waals surface area contributed by atoms with E-state index in [9.17, 15) is 0 Å². The Kier molecular flexibility index (Phi) is 2.27. The lowest BCUT2D eigenvalue weighted by atomic mass is 10.4. The van der Waals surface area contributed by atoms with E-state index in [0.29, 0.717) is 0 Å². The van der Waals surface area contributed by atoms with Crippen molar-refractivity contribution in [3.63, 3.8) is 0 Å². The second-order valence-corrected chi connectivity index (χ2v) is 3.36. The maximum absolute atomic E-state index is 8.56. The molecule has 0 bridgehead atoms. The molecule has 0 spiro atoms. The molecule has 0 aliphatic heterocycles. The van der Waals surface area contributed by atoms with Crippen molar-refractivity contribution < 1.29 is 9.52 Å². The van der Waals surface area contributed by atoms with Gasteiger partial charge in [-0.25, -0.2) is 0 Å². The van der Waals surface area contributed by atoms with Gasteiger partial charge in [0, 0.05) is 6.07 Å². The molecule has 0 radical (unpaired) electrons. The van der Waals surface area contributed by atoms with Crippen LogP contribution < -0.4 is 0 Å². The van der Waals surface area contributed by atoms with E-state index in [0.717, 1.165) is 5.76 Å². The van der Waals surface area contributed by atoms with Crippen LogP contribution in [0.3, 0.4) is 0 Å². The first-order valence-corrected chi connectivity index (χ1v) is 4.56. The molecule has 1 aromatic carbocycles. The summed E-state index contributed by atoms with van der Waals surface area (Å²) in [6, 6.07) is 10.1. The van der Waals surface area contributed by atoms with Crippen molar-refractivity contribution in [1.29, 1.82) is 0 Å². The molecule has 0 amide bonds. The second-order valence-electron chi connectivity index (χ2n) is 3.36. The van der Waals surface area contributed by atoms with E-state index in [-0.39, 0.29) is 5.75 Å². The van der Waals surface area contributed by atoms with E-state index in [1.54, 1.807) is 13.0 Å². The van der Waals surface area contributed by atoms with Crippen LogP contribution in [0.25, 0.3) is 0 Å². The maximum Gasteiger partial charge on any atom is 0.153 e. The summed E-state index contributed by atoms with van der Waals surface area (Å²) in [6.07, 6.45) is 2.54. The Hall–Kier alpha value is -1.70. The van der Waals surface area contributed by atoms with Gasteiger partial charge in [-0.05, 0) is 24.5 Å². The van der Waals surface area contributed by atoms with Crippen molar-refractivity contribution in [3.05, 3.63) is 53.5 Å². The highest BCUT2D eigenvalue weighted by molar-refractivity contribution is 5.44. The van der Waals surface area contributed by atoms with Crippen molar-refractivity contribution >= 4 is 0 Å². The number of aromatic hydroxyl groups is 1. The van der Waals surface area contributed by atoms with Crippen LogP contribution in [0.5, 0.6) is 5.75 Å². The number of fused-ring (bicyclic) bond motifs is 1. The minimum Gasteiger partial charge on any atom is -0.505 e. The molecular formula is C12H12O2. The molecule has 1 N–H and O–H groups in total. The van der Waals surface area contributed by atoms with Crippen molar-refractivity contribution in [3.8, 4) is 5.75 Å². The van der Waals surface area contributed by atoms with E-state index in [1.807, 2.05) is 0 Å². The van der Waals surface area contributed by atoms with Gasteiger partial charge in [0.2, 0.25) is 0 Å². The fourth-order valence-electron chi connectivity index (χ4n) is 1.27. The van der Waals surface area contributed by atoms with Gasteiger partial charge in [-0.15, -0.1) is 0 Å². The quantitative estimate of drug-likeness (QED) is 0.588. The number of hydrogen-bond donors (Lipinski definition) is 1. The van der Waals surface area contributed by atoms with Crippen LogP contribution in [0.15, 0.2) is 41.0 Å². The fraction of sp³-hybridized carbons (Fsp3) is 0.167. The summed E-state index contributed by atoms with van der Waals surface area (Å²) in [5.74, 6) is 0.926. The summed E-state index contributed by atoms with van der Waals surface area (Å²) in [5, 5.41) is 8.56. The average molecular weight is 188 g/mol. The third-order valence-electron chi connectivity index (χ3n) is 2.09. The minimum absolute atomic E-state index is 0.192. The summed E-state index contributed by atoms with van der Waals surface area (Å²) in [5.41, 5.74) is 3.06. The summed E-state index contributed by atoms with van der Waals surface area (Å²) in [4.78, 5) is 0. The smallest absolute Gasteiger partial charge is 0.153 e. The number of benzene rings is 1. The standard InChI is InChI=1S/C7H6.C5H6O2/c1-2-4-7-5-6(7)3-1;1-4-2-5(6)3-7-4/h1-4H,5H2;2-3,6H,1H3. The minimum atomic E-state index is 0.192. The maximum atomic E-state index is 8.56. The van der Waals surface area contributed by atoms with Crippen LogP contribution in [0.1, 0.15) is 16.9 Å². The monoisotopic (exact) mass is 188 g/mol. The molecule has 0 saturated carbocycles. The molecule has 1 heterocycles. The Bertz CT molecular complexity index is 392. The summed E-state index contributed by atoms with van der Waals surface area (Å²) in [6.45, 7) is 1.78. The zero-order chi connectivity index (χ0) is 9.97. The number of furan rings is 1. The van der Waals surface area contributed by atoms with Crippen LogP contribution >= 0.6 is 0 Å². The molecule has 0 unspecified atom stereocenters. The van der Waals surface area contributed by atoms with Gasteiger partial charge < -0.3 is 9.52 Å². The van der Waals surface area contributed by atoms with Crippen LogP contribution in [0.2, 0.25) is 0 Å². The molecule has 72 valence electrons. The number of rotatable bonds is 0. The molecule has 0 saturated heterocycles. The Morgan fingerprint density at radius 3 is 2.14 bits per heavy atom. The normalized spacial score (nSPS) is 11.2. The van der Waals surface area contributed by atoms with E-state index in [2.05, 4.69) is 24.3 Å². The van der Waals surface area contributed by atoms with Gasteiger partial charge in [0.15, 0.2) is 5.75 Å². The third-order valence-corrected chi connectivity index (χ3v) is 2.09. The van der Waals surface area contributed by atoms with Gasteiger partial charge in [-0.2, -0.15) is 0 Å². The van der Waals surface area contributed by atoms with Crippen molar-refractivity contribution in [2.45, 2.75) is 13.3 Å². The Morgan fingerprint density at radius 2 is 1.86 bits per heavy atom. The molecular weight excluding hydrogens is 176 g/mol. The molecule has 3 rings (SSSR count). The predicted molar refractivity (Wildman–Crippen MR) is 54.4 cm³/mol. The summed E-state index contributed by atoms with van der Waals surface area (Å²) < 4.78 is 4.71. The van der Waals surface area contributed by atoms with E-state index in [1.165, 1.54) is 23.8 Å². The zero-order valence-corrected chi connectivity index (χ0v) is 8.03. The van der Waals surface area contributed by atoms with E-state index in [4.69, 9.17) is 9.52 Å². The van der Waals surface area contributed by atoms with Crippen LogP contribution in [-0.2, 0) is 6.42 Å². The average Bonchev–Trinajstić information content (AvgIpc) is 2.87. The SMILES string of the molecule is Cc1cc(O)co1.c1ccc2c(c1)C2. The van der Waals surface area contributed by atoms with E-state index < -0.39 is 0 Å². The lowest BCUT2D eigenvalue weighted by Gasteiger charge is -1.69. The van der Waals surface area contributed by atoms with Gasteiger partial charge in [-0.1, -0.05) is 24.3 Å². The Balaban J connectivity index is 0.000000107. The first-order valence-electron chi connectivity index (χ1n) is 4.56. The summed E-state index contributed by atoms with van der Waals surface area (Å²) >= 11 is 0. The number of hydrogen-bond acceptors (Lipinski definition) is 2. The molecule has 2 nitrogen and oxygen atoms in total. The lowest BCUT2D eigenvalue weighted by molar-refractivity contribution is 0.455. The third kappa shape index (κ3) is 2.16. The first-order chi connectivity index (χ1) is 6.75. The molecule has 0 atom stereocenters. The van der Waals surface area contributed by atoms with Gasteiger partial charge in [-0.3, -0.25) is 0 Å². The molecule has 1 aliphatic carbocycles. The van der Waals surface area contributed by atoms with E-state index >= 15 is 0 Å². The molecule has 2 heteroatoms. The Labute approximate surface area is 82.8 Å². The van der Waals surface area contributed by atoms with Crippen LogP contribution in [0, 0.1) is 6.92 Å². The topological polar surface area (TPSA) is 33.4 Å². The van der Waals surface area contributed by atoms with Gasteiger partial charge in [0.25, 0.3) is 0 Å². The van der Waals surface area contributed by atoms with Crippen LogP contribution in [0.4, 0.5) is 0 Å². The Morgan fingerprint density at radius 1 is 1.21 bits per heavy atom. The summed E-state index contributed by atoms with van der Waals surface area (Å²) in [7, 11) is 0. The van der Waals surface area contributed by atoms with Crippen molar-refractivity contribution in [2.75, 3.05) is 0 Å². The van der Waals surface area contributed by atoms with Crippen LogP contribution in [-0.4, -0.2) is 5.11 Å². The van der Waals surface area contributed by atoms with Gasteiger partial charge in [0.05, 0.1) is 0 Å². The predicted octanol–water partition coefficient (Wildman–Crippen LogP) is 2.88. The first kappa shape index (κ1) is 8.88. The second kappa shape index (κ2) is 3.58. The van der Waals surface area contributed by atoms with Gasteiger partial charge in [0.1, 0.15) is 12.0 Å². The highest BCUT2D eigenvalue weighted by Crippen LogP contribution is 2.25. The molecule has 14 heavy (non-hydrogen) atoms. The molecule has 1 aromatic heterocycles. The van der Waals surface area contributed by atoms with Crippen molar-refractivity contribution in [2.24, 2.45) is 0 Å². The highest BCUT2D eigenvalue weighted by Gasteiger charge is 2.12. The highest BCUT2D eigenvalue weighted by atomic mass is 16.4. The van der Waals surface area contributed by atoms with Gasteiger partial charge >= 0.3 is 0 Å². The largest absolute Gasteiger partial charge is 0.505 e. The fourth-order valence-corrected chi connectivity index (χ4v) is 1.27. The zero-order valence-electron chi connectivity index (χ0n) is 8.03.